The summed E-state index contributed by atoms with van der Waals surface area (Å²) in [5.41, 5.74) is 0. The topological polar surface area (TPSA) is 80.6 Å². The Morgan fingerprint density at radius 1 is 1.44 bits per heavy atom. The van der Waals surface area contributed by atoms with Gasteiger partial charge in [-0.2, -0.15) is 0 Å². The van der Waals surface area contributed by atoms with Gasteiger partial charge in [-0.15, -0.1) is 0 Å². The van der Waals surface area contributed by atoms with Crippen molar-refractivity contribution >= 4 is 10.0 Å². The molecule has 0 bridgehead atoms. The number of sulfonamides is 1. The highest BCUT2D eigenvalue weighted by Crippen LogP contribution is 2.12. The van der Waals surface area contributed by atoms with E-state index in [1.165, 1.54) is 13.1 Å². The van der Waals surface area contributed by atoms with E-state index in [4.69, 9.17) is 9.15 Å². The Labute approximate surface area is 95.0 Å². The number of hydrogen-bond acceptors (Lipinski definition) is 5. The second-order valence-corrected chi connectivity index (χ2v) is 4.92. The number of ether oxygens (including phenoxy) is 1. The van der Waals surface area contributed by atoms with Crippen LogP contribution in [-0.4, -0.2) is 35.7 Å². The van der Waals surface area contributed by atoms with E-state index in [-0.39, 0.29) is 5.09 Å². The highest BCUT2D eigenvalue weighted by molar-refractivity contribution is 7.89. The number of rotatable bonds is 7. The van der Waals surface area contributed by atoms with E-state index in [2.05, 4.69) is 10.0 Å². The Morgan fingerprint density at radius 3 is 2.81 bits per heavy atom. The van der Waals surface area contributed by atoms with Crippen LogP contribution in [-0.2, 0) is 21.3 Å². The van der Waals surface area contributed by atoms with E-state index in [0.29, 0.717) is 25.5 Å². The van der Waals surface area contributed by atoms with Crippen molar-refractivity contribution in [2.24, 2.45) is 0 Å². The van der Waals surface area contributed by atoms with Crippen molar-refractivity contribution in [3.8, 4) is 0 Å². The van der Waals surface area contributed by atoms with Crippen LogP contribution in [0.5, 0.6) is 0 Å². The van der Waals surface area contributed by atoms with Gasteiger partial charge >= 0.3 is 0 Å². The van der Waals surface area contributed by atoms with Crippen molar-refractivity contribution in [1.29, 1.82) is 0 Å². The molecule has 0 saturated carbocycles. The molecular formula is C9H16N2O4S. The molecule has 0 aliphatic rings. The zero-order valence-electron chi connectivity index (χ0n) is 9.32. The lowest BCUT2D eigenvalue weighted by molar-refractivity contribution is 0.198. The lowest BCUT2D eigenvalue weighted by Crippen LogP contribution is -2.19. The standard InChI is InChI=1S/C9H16N2O4S/c1-10-16(12,13)9-4-3-8(15-9)7-11-5-6-14-2/h3-4,10-11H,5-7H2,1-2H3. The van der Waals surface area contributed by atoms with Gasteiger partial charge in [0.1, 0.15) is 5.76 Å². The first-order chi connectivity index (χ1) is 7.60. The average Bonchev–Trinajstić information content (AvgIpc) is 2.74. The molecule has 0 saturated heterocycles. The van der Waals surface area contributed by atoms with Crippen molar-refractivity contribution < 1.29 is 17.6 Å². The Kier molecular flexibility index (Phi) is 4.94. The molecular weight excluding hydrogens is 232 g/mol. The molecule has 0 aliphatic carbocycles. The summed E-state index contributed by atoms with van der Waals surface area (Å²) in [4.78, 5) is 0. The van der Waals surface area contributed by atoms with E-state index in [0.717, 1.165) is 0 Å². The van der Waals surface area contributed by atoms with Crippen molar-refractivity contribution in [3.63, 3.8) is 0 Å². The molecule has 1 heterocycles. The summed E-state index contributed by atoms with van der Waals surface area (Å²) in [5.74, 6) is 0.574. The van der Waals surface area contributed by atoms with Crippen LogP contribution in [0.15, 0.2) is 21.6 Å². The molecule has 1 aromatic heterocycles. The first-order valence-corrected chi connectivity index (χ1v) is 6.30. The van der Waals surface area contributed by atoms with E-state index in [1.54, 1.807) is 13.2 Å². The van der Waals surface area contributed by atoms with Crippen molar-refractivity contribution in [1.82, 2.24) is 10.0 Å². The van der Waals surface area contributed by atoms with Gasteiger partial charge < -0.3 is 14.5 Å². The van der Waals surface area contributed by atoms with Crippen LogP contribution in [0.25, 0.3) is 0 Å². The summed E-state index contributed by atoms with van der Waals surface area (Å²) in [6, 6.07) is 3.06. The minimum absolute atomic E-state index is 0.0708. The van der Waals surface area contributed by atoms with Crippen molar-refractivity contribution in [2.45, 2.75) is 11.6 Å². The van der Waals surface area contributed by atoms with Gasteiger partial charge in [0.05, 0.1) is 13.2 Å². The summed E-state index contributed by atoms with van der Waals surface area (Å²) >= 11 is 0. The number of methoxy groups -OCH3 is 1. The first kappa shape index (κ1) is 13.2. The van der Waals surface area contributed by atoms with Gasteiger partial charge in [0.15, 0.2) is 0 Å². The summed E-state index contributed by atoms with van der Waals surface area (Å²) in [7, 11) is -0.523. The molecule has 0 aromatic carbocycles. The zero-order chi connectivity index (χ0) is 12.0. The molecule has 1 aromatic rings. The minimum Gasteiger partial charge on any atom is -0.447 e. The number of furan rings is 1. The van der Waals surface area contributed by atoms with Crippen LogP contribution in [0.1, 0.15) is 5.76 Å². The highest BCUT2D eigenvalue weighted by atomic mass is 32.2. The minimum atomic E-state index is -3.48. The van der Waals surface area contributed by atoms with Crippen LogP contribution in [0.2, 0.25) is 0 Å². The van der Waals surface area contributed by atoms with E-state index in [1.807, 2.05) is 0 Å². The summed E-state index contributed by atoms with van der Waals surface area (Å²) in [6.45, 7) is 1.76. The molecule has 0 spiro atoms. The smallest absolute Gasteiger partial charge is 0.273 e. The maximum Gasteiger partial charge on any atom is 0.273 e. The van der Waals surface area contributed by atoms with E-state index < -0.39 is 10.0 Å². The Balaban J connectivity index is 2.52. The third-order valence-electron chi connectivity index (χ3n) is 1.95. The molecule has 0 unspecified atom stereocenters. The number of nitrogens with one attached hydrogen (secondary N) is 2. The summed E-state index contributed by atoms with van der Waals surface area (Å²) in [6.07, 6.45) is 0. The van der Waals surface area contributed by atoms with Crippen LogP contribution >= 0.6 is 0 Å². The van der Waals surface area contributed by atoms with Crippen LogP contribution in [0, 0.1) is 0 Å². The largest absolute Gasteiger partial charge is 0.447 e. The third-order valence-corrected chi connectivity index (χ3v) is 3.24. The number of hydrogen-bond donors (Lipinski definition) is 2. The molecule has 1 rings (SSSR count). The highest BCUT2D eigenvalue weighted by Gasteiger charge is 2.15. The second-order valence-electron chi connectivity index (χ2n) is 3.10. The third kappa shape index (κ3) is 3.60. The molecule has 0 atom stereocenters. The zero-order valence-corrected chi connectivity index (χ0v) is 10.1. The van der Waals surface area contributed by atoms with Gasteiger partial charge in [0.2, 0.25) is 5.09 Å². The predicted octanol–water partition coefficient (Wildman–Crippen LogP) is -0.0763. The molecule has 2 N–H and O–H groups in total. The van der Waals surface area contributed by atoms with Crippen molar-refractivity contribution in [3.05, 3.63) is 17.9 Å². The lowest BCUT2D eigenvalue weighted by Gasteiger charge is -2.01. The molecule has 0 radical (unpaired) electrons. The van der Waals surface area contributed by atoms with Gasteiger partial charge in [-0.25, -0.2) is 13.1 Å². The predicted molar refractivity (Wildman–Crippen MR) is 58.5 cm³/mol. The quantitative estimate of drug-likeness (QED) is 0.660. The summed E-state index contributed by atoms with van der Waals surface area (Å²) < 4.78 is 34.9. The van der Waals surface area contributed by atoms with E-state index in [9.17, 15) is 8.42 Å². The van der Waals surface area contributed by atoms with Gasteiger partial charge in [-0.1, -0.05) is 0 Å². The Morgan fingerprint density at radius 2 is 2.19 bits per heavy atom. The Bertz CT molecular complexity index is 413. The average molecular weight is 248 g/mol. The molecule has 16 heavy (non-hydrogen) atoms. The fraction of sp³-hybridized carbons (Fsp3) is 0.556. The van der Waals surface area contributed by atoms with Gasteiger partial charge in [0, 0.05) is 13.7 Å². The monoisotopic (exact) mass is 248 g/mol. The maximum absolute atomic E-state index is 11.3. The van der Waals surface area contributed by atoms with Crippen LogP contribution in [0.3, 0.4) is 0 Å². The van der Waals surface area contributed by atoms with Gasteiger partial charge in [-0.05, 0) is 19.2 Å². The maximum atomic E-state index is 11.3. The lowest BCUT2D eigenvalue weighted by atomic mass is 10.4. The molecule has 7 heteroatoms. The Hall–Kier alpha value is -0.890. The molecule has 0 amide bonds. The summed E-state index contributed by atoms with van der Waals surface area (Å²) in [5, 5.41) is 2.98. The molecule has 6 nitrogen and oxygen atoms in total. The fourth-order valence-electron chi connectivity index (χ4n) is 1.08. The van der Waals surface area contributed by atoms with E-state index >= 15 is 0 Å². The van der Waals surface area contributed by atoms with Crippen molar-refractivity contribution in [2.75, 3.05) is 27.3 Å². The van der Waals surface area contributed by atoms with Crippen LogP contribution in [0.4, 0.5) is 0 Å². The molecule has 92 valence electrons. The first-order valence-electron chi connectivity index (χ1n) is 4.82. The molecule has 0 fully saturated rings. The molecule has 0 aliphatic heterocycles. The van der Waals surface area contributed by atoms with Crippen LogP contribution < -0.4 is 10.0 Å². The second kappa shape index (κ2) is 6.00. The normalized spacial score (nSPS) is 11.9. The van der Waals surface area contributed by atoms with Gasteiger partial charge in [-0.3, -0.25) is 0 Å². The SMILES string of the molecule is CNS(=O)(=O)c1ccc(CNCCOC)o1. The van der Waals surface area contributed by atoms with Gasteiger partial charge in [0.25, 0.3) is 10.0 Å². The fourth-order valence-corrected chi connectivity index (χ4v) is 1.75.